The van der Waals surface area contributed by atoms with Crippen molar-refractivity contribution in [1.29, 1.82) is 0 Å². The van der Waals surface area contributed by atoms with E-state index in [9.17, 15) is 0 Å². The zero-order valence-electron chi connectivity index (χ0n) is 12.3. The van der Waals surface area contributed by atoms with Crippen LogP contribution in [0.15, 0.2) is 69.2 Å². The molecule has 0 atom stereocenters. The smallest absolute Gasteiger partial charge is 0.243 e. The minimum atomic E-state index is -0.905. The fraction of sp³-hybridized carbons (Fsp3) is 0.250. The summed E-state index contributed by atoms with van der Waals surface area (Å²) in [6, 6.07) is 16.1. The van der Waals surface area contributed by atoms with Crippen LogP contribution in [0, 0.1) is 0 Å². The van der Waals surface area contributed by atoms with Crippen molar-refractivity contribution in [1.82, 2.24) is 0 Å². The highest BCUT2D eigenvalue weighted by atomic mass is 16.5. The van der Waals surface area contributed by atoms with Gasteiger partial charge in [0.15, 0.2) is 0 Å². The van der Waals surface area contributed by atoms with Crippen LogP contribution in [0.4, 0.5) is 0 Å². The zero-order chi connectivity index (χ0) is 15.4. The predicted octanol–water partition coefficient (Wildman–Crippen LogP) is 3.44. The number of rotatable bonds is 5. The molecule has 1 heterocycles. The SMILES string of the molecule is COCC1(c2ccccc2-c2ccc(CN)cc2)N=NN=N1. The third-order valence-electron chi connectivity index (χ3n) is 3.66. The third kappa shape index (κ3) is 2.54. The summed E-state index contributed by atoms with van der Waals surface area (Å²) in [7, 11) is 1.61. The molecule has 6 nitrogen and oxygen atoms in total. The monoisotopic (exact) mass is 295 g/mol. The average molecular weight is 295 g/mol. The van der Waals surface area contributed by atoms with Crippen LogP contribution in [0.5, 0.6) is 0 Å². The van der Waals surface area contributed by atoms with E-state index in [0.29, 0.717) is 6.54 Å². The van der Waals surface area contributed by atoms with Gasteiger partial charge in [-0.15, -0.1) is 10.2 Å². The second-order valence-electron chi connectivity index (χ2n) is 5.08. The quantitative estimate of drug-likeness (QED) is 0.916. The zero-order valence-corrected chi connectivity index (χ0v) is 12.3. The van der Waals surface area contributed by atoms with Crippen LogP contribution >= 0.6 is 0 Å². The van der Waals surface area contributed by atoms with E-state index in [-0.39, 0.29) is 6.61 Å². The van der Waals surface area contributed by atoms with E-state index in [1.807, 2.05) is 48.5 Å². The molecule has 6 heteroatoms. The van der Waals surface area contributed by atoms with Gasteiger partial charge in [0.1, 0.15) is 0 Å². The molecule has 0 unspecified atom stereocenters. The van der Waals surface area contributed by atoms with E-state index in [1.165, 1.54) is 0 Å². The molecule has 0 fully saturated rings. The van der Waals surface area contributed by atoms with E-state index in [2.05, 4.69) is 20.7 Å². The van der Waals surface area contributed by atoms with Crippen LogP contribution in [0.3, 0.4) is 0 Å². The maximum atomic E-state index is 5.66. The third-order valence-corrected chi connectivity index (χ3v) is 3.66. The van der Waals surface area contributed by atoms with Crippen molar-refractivity contribution in [2.45, 2.75) is 12.2 Å². The van der Waals surface area contributed by atoms with Crippen LogP contribution in [0.1, 0.15) is 11.1 Å². The summed E-state index contributed by atoms with van der Waals surface area (Å²) in [5.41, 5.74) is 8.86. The van der Waals surface area contributed by atoms with Gasteiger partial charge in [-0.3, -0.25) is 0 Å². The Morgan fingerprint density at radius 1 is 1.00 bits per heavy atom. The van der Waals surface area contributed by atoms with Gasteiger partial charge in [-0.25, -0.2) is 0 Å². The molecule has 2 aromatic rings. The molecule has 0 bridgehead atoms. The highest BCUT2D eigenvalue weighted by Crippen LogP contribution is 2.38. The lowest BCUT2D eigenvalue weighted by molar-refractivity contribution is 0.136. The Hall–Kier alpha value is -2.44. The number of ether oxygens (including phenoxy) is 1. The molecule has 2 aromatic carbocycles. The molecule has 0 radical (unpaired) electrons. The lowest BCUT2D eigenvalue weighted by Crippen LogP contribution is -2.25. The maximum absolute atomic E-state index is 5.66. The van der Waals surface area contributed by atoms with Crippen LogP contribution in [-0.4, -0.2) is 13.7 Å². The van der Waals surface area contributed by atoms with Crippen LogP contribution in [0.2, 0.25) is 0 Å². The fourth-order valence-electron chi connectivity index (χ4n) is 2.56. The van der Waals surface area contributed by atoms with Gasteiger partial charge >= 0.3 is 0 Å². The van der Waals surface area contributed by atoms with Gasteiger partial charge in [0.25, 0.3) is 0 Å². The number of hydrogen-bond acceptors (Lipinski definition) is 6. The van der Waals surface area contributed by atoms with Gasteiger partial charge in [-0.2, -0.15) is 0 Å². The minimum Gasteiger partial charge on any atom is -0.380 e. The lowest BCUT2D eigenvalue weighted by Gasteiger charge is -2.22. The summed E-state index contributed by atoms with van der Waals surface area (Å²) < 4.78 is 5.29. The van der Waals surface area contributed by atoms with Crippen molar-refractivity contribution >= 4 is 0 Å². The van der Waals surface area contributed by atoms with Gasteiger partial charge in [-0.1, -0.05) is 48.5 Å². The first-order valence-electron chi connectivity index (χ1n) is 7.01. The van der Waals surface area contributed by atoms with Gasteiger partial charge in [0.2, 0.25) is 5.66 Å². The highest BCUT2D eigenvalue weighted by Gasteiger charge is 2.37. The summed E-state index contributed by atoms with van der Waals surface area (Å²) in [4.78, 5) is 0. The molecule has 0 amide bonds. The maximum Gasteiger partial charge on any atom is 0.243 e. The molecule has 2 N–H and O–H groups in total. The number of benzene rings is 2. The summed E-state index contributed by atoms with van der Waals surface area (Å²) in [6.45, 7) is 0.815. The summed E-state index contributed by atoms with van der Waals surface area (Å²) in [5.74, 6) is 0. The van der Waals surface area contributed by atoms with Gasteiger partial charge in [0.05, 0.1) is 6.61 Å². The first kappa shape index (κ1) is 14.5. The molecular weight excluding hydrogens is 278 g/mol. The first-order chi connectivity index (χ1) is 10.8. The fourth-order valence-corrected chi connectivity index (χ4v) is 2.56. The molecule has 0 spiro atoms. The standard InChI is InChI=1S/C16H17N5O/c1-22-11-16(18-20-21-19-16)15-5-3-2-4-14(15)13-8-6-12(10-17)7-9-13/h2-9H,10-11,17H2,1H3. The van der Waals surface area contributed by atoms with Crippen molar-refractivity contribution in [2.24, 2.45) is 26.4 Å². The first-order valence-corrected chi connectivity index (χ1v) is 7.01. The molecule has 112 valence electrons. The minimum absolute atomic E-state index is 0.290. The molecule has 0 aromatic heterocycles. The van der Waals surface area contributed by atoms with E-state index in [0.717, 1.165) is 22.3 Å². The van der Waals surface area contributed by atoms with E-state index >= 15 is 0 Å². The van der Waals surface area contributed by atoms with Crippen molar-refractivity contribution in [3.63, 3.8) is 0 Å². The Morgan fingerprint density at radius 3 is 2.32 bits per heavy atom. The Bertz CT molecular complexity index is 697. The summed E-state index contributed by atoms with van der Waals surface area (Å²) >= 11 is 0. The number of nitrogens with two attached hydrogens (primary N) is 1. The molecule has 3 rings (SSSR count). The van der Waals surface area contributed by atoms with Crippen molar-refractivity contribution in [3.8, 4) is 11.1 Å². The summed E-state index contributed by atoms with van der Waals surface area (Å²) in [5, 5.41) is 15.7. The Kier molecular flexibility index (Phi) is 4.04. The molecule has 0 aliphatic carbocycles. The molecular formula is C16H17N5O. The molecule has 22 heavy (non-hydrogen) atoms. The Morgan fingerprint density at radius 2 is 1.68 bits per heavy atom. The normalized spacial score (nSPS) is 15.4. The largest absolute Gasteiger partial charge is 0.380 e. The van der Waals surface area contributed by atoms with E-state index < -0.39 is 5.66 Å². The molecule has 1 aliphatic heterocycles. The second-order valence-corrected chi connectivity index (χ2v) is 5.08. The van der Waals surface area contributed by atoms with Crippen molar-refractivity contribution in [3.05, 3.63) is 59.7 Å². The number of methoxy groups -OCH3 is 1. The Labute approximate surface area is 128 Å². The topological polar surface area (TPSA) is 84.7 Å². The van der Waals surface area contributed by atoms with Gasteiger partial charge in [-0.05, 0) is 27.1 Å². The van der Waals surface area contributed by atoms with Gasteiger partial charge < -0.3 is 10.5 Å². The number of hydrogen-bond donors (Lipinski definition) is 1. The lowest BCUT2D eigenvalue weighted by atomic mass is 9.91. The van der Waals surface area contributed by atoms with E-state index in [4.69, 9.17) is 10.5 Å². The van der Waals surface area contributed by atoms with Crippen molar-refractivity contribution < 1.29 is 4.74 Å². The van der Waals surface area contributed by atoms with Gasteiger partial charge in [0, 0.05) is 19.2 Å². The predicted molar refractivity (Wildman–Crippen MR) is 83.0 cm³/mol. The molecule has 0 saturated carbocycles. The van der Waals surface area contributed by atoms with E-state index in [1.54, 1.807) is 7.11 Å². The van der Waals surface area contributed by atoms with Crippen LogP contribution in [0.25, 0.3) is 11.1 Å². The average Bonchev–Trinajstić information content (AvgIpc) is 3.05. The van der Waals surface area contributed by atoms with Crippen LogP contribution < -0.4 is 5.73 Å². The molecule has 1 aliphatic rings. The van der Waals surface area contributed by atoms with Crippen LogP contribution in [-0.2, 0) is 16.9 Å². The number of nitrogens with zero attached hydrogens (tertiary/aromatic N) is 4. The molecule has 0 saturated heterocycles. The highest BCUT2D eigenvalue weighted by molar-refractivity contribution is 5.69. The summed E-state index contributed by atoms with van der Waals surface area (Å²) in [6.07, 6.45) is 0. The Balaban J connectivity index is 2.09. The van der Waals surface area contributed by atoms with Crippen molar-refractivity contribution in [2.75, 3.05) is 13.7 Å². The second kappa shape index (κ2) is 6.13.